The molecule has 0 unspecified atom stereocenters. The van der Waals surface area contributed by atoms with E-state index in [0.29, 0.717) is 12.4 Å². The molecule has 1 heterocycles. The maximum Gasteiger partial charge on any atom is 0.227 e. The summed E-state index contributed by atoms with van der Waals surface area (Å²) in [4.78, 5) is 14.0. The number of amides is 1. The largest absolute Gasteiger partial charge is 0.356 e. The predicted molar refractivity (Wildman–Crippen MR) is 72.5 cm³/mol. The second-order valence-corrected chi connectivity index (χ2v) is 4.48. The van der Waals surface area contributed by atoms with E-state index in [2.05, 4.69) is 39.6 Å². The van der Waals surface area contributed by atoms with E-state index in [9.17, 15) is 4.79 Å². The summed E-state index contributed by atoms with van der Waals surface area (Å²) in [6.07, 6.45) is 2.34. The summed E-state index contributed by atoms with van der Waals surface area (Å²) in [5.74, 6) is 0.557. The van der Waals surface area contributed by atoms with Gasteiger partial charge >= 0.3 is 0 Å². The molecular formula is C12H24N6O. The van der Waals surface area contributed by atoms with Gasteiger partial charge in [0.1, 0.15) is 0 Å². The van der Waals surface area contributed by atoms with Crippen LogP contribution in [0.15, 0.2) is 0 Å². The van der Waals surface area contributed by atoms with Crippen LogP contribution in [0.5, 0.6) is 0 Å². The van der Waals surface area contributed by atoms with Crippen molar-refractivity contribution in [1.82, 2.24) is 30.4 Å². The van der Waals surface area contributed by atoms with Crippen LogP contribution in [0.3, 0.4) is 0 Å². The molecule has 19 heavy (non-hydrogen) atoms. The van der Waals surface area contributed by atoms with Crippen LogP contribution in [0.2, 0.25) is 0 Å². The van der Waals surface area contributed by atoms with Crippen molar-refractivity contribution in [2.75, 3.05) is 26.2 Å². The summed E-state index contributed by atoms with van der Waals surface area (Å²) >= 11 is 0. The fourth-order valence-electron chi connectivity index (χ4n) is 1.83. The van der Waals surface area contributed by atoms with Crippen LogP contribution in [0, 0.1) is 0 Å². The molecule has 1 N–H and O–H groups in total. The highest BCUT2D eigenvalue weighted by Crippen LogP contribution is 1.95. The molecule has 7 heteroatoms. The van der Waals surface area contributed by atoms with Crippen LogP contribution in [-0.4, -0.2) is 57.2 Å². The molecule has 1 aromatic heterocycles. The molecule has 0 atom stereocenters. The quantitative estimate of drug-likeness (QED) is 0.638. The standard InChI is InChI=1S/C12H24N6O/c1-4-18(5-2)9-7-6-8-13-12(19)10-11-14-15-16-17(11)3/h4-10H2,1-3H3,(H,13,19). The summed E-state index contributed by atoms with van der Waals surface area (Å²) < 4.78 is 1.51. The SMILES string of the molecule is CCN(CC)CCCCNC(=O)Cc1nnnn1C. The number of nitrogens with one attached hydrogen (secondary N) is 1. The van der Waals surface area contributed by atoms with Crippen LogP contribution < -0.4 is 5.32 Å². The monoisotopic (exact) mass is 268 g/mol. The van der Waals surface area contributed by atoms with Crippen molar-refractivity contribution in [2.24, 2.45) is 7.05 Å². The van der Waals surface area contributed by atoms with Crippen molar-refractivity contribution < 1.29 is 4.79 Å². The first-order chi connectivity index (χ1) is 9.17. The molecule has 0 aromatic carbocycles. The third kappa shape index (κ3) is 5.78. The molecule has 1 aromatic rings. The van der Waals surface area contributed by atoms with E-state index in [-0.39, 0.29) is 12.3 Å². The zero-order valence-electron chi connectivity index (χ0n) is 12.1. The highest BCUT2D eigenvalue weighted by atomic mass is 16.1. The minimum absolute atomic E-state index is 0.0271. The molecule has 0 spiro atoms. The van der Waals surface area contributed by atoms with Crippen molar-refractivity contribution in [3.63, 3.8) is 0 Å². The summed E-state index contributed by atoms with van der Waals surface area (Å²) in [6, 6.07) is 0. The smallest absolute Gasteiger partial charge is 0.227 e. The number of nitrogens with zero attached hydrogens (tertiary/aromatic N) is 5. The molecule has 108 valence electrons. The average Bonchev–Trinajstić information content (AvgIpc) is 2.79. The van der Waals surface area contributed by atoms with E-state index in [4.69, 9.17) is 0 Å². The molecule has 7 nitrogen and oxygen atoms in total. The van der Waals surface area contributed by atoms with Gasteiger partial charge in [0.2, 0.25) is 5.91 Å². The van der Waals surface area contributed by atoms with Gasteiger partial charge in [-0.15, -0.1) is 5.10 Å². The molecule has 0 saturated heterocycles. The highest BCUT2D eigenvalue weighted by molar-refractivity contribution is 5.77. The molecule has 1 amide bonds. The molecular weight excluding hydrogens is 244 g/mol. The minimum atomic E-state index is -0.0271. The third-order valence-electron chi connectivity index (χ3n) is 3.14. The first kappa shape index (κ1) is 15.6. The number of carbonyl (C=O) groups is 1. The Morgan fingerprint density at radius 3 is 2.63 bits per heavy atom. The van der Waals surface area contributed by atoms with Crippen molar-refractivity contribution in [3.8, 4) is 0 Å². The fourth-order valence-corrected chi connectivity index (χ4v) is 1.83. The zero-order valence-corrected chi connectivity index (χ0v) is 12.1. The maximum absolute atomic E-state index is 11.6. The van der Waals surface area contributed by atoms with Crippen LogP contribution in [0.25, 0.3) is 0 Å². The van der Waals surface area contributed by atoms with Gasteiger partial charge in [0.15, 0.2) is 5.82 Å². The number of aromatic nitrogens is 4. The molecule has 0 aliphatic heterocycles. The number of aryl methyl sites for hydroxylation is 1. The van der Waals surface area contributed by atoms with Crippen LogP contribution in [0.1, 0.15) is 32.5 Å². The number of hydrogen-bond donors (Lipinski definition) is 1. The van der Waals surface area contributed by atoms with Gasteiger partial charge in [0, 0.05) is 13.6 Å². The van der Waals surface area contributed by atoms with Gasteiger partial charge in [-0.25, -0.2) is 4.68 Å². The van der Waals surface area contributed by atoms with E-state index in [1.807, 2.05) is 0 Å². The van der Waals surface area contributed by atoms with Gasteiger partial charge < -0.3 is 10.2 Å². The lowest BCUT2D eigenvalue weighted by Gasteiger charge is -2.17. The molecule has 0 aliphatic rings. The first-order valence-electron chi connectivity index (χ1n) is 6.87. The number of carbonyl (C=O) groups excluding carboxylic acids is 1. The summed E-state index contributed by atoms with van der Waals surface area (Å²) in [5, 5.41) is 13.9. The summed E-state index contributed by atoms with van der Waals surface area (Å²) in [7, 11) is 1.73. The van der Waals surface area contributed by atoms with Gasteiger partial charge in [-0.2, -0.15) is 0 Å². The van der Waals surface area contributed by atoms with E-state index in [1.54, 1.807) is 7.05 Å². The van der Waals surface area contributed by atoms with Gasteiger partial charge in [-0.1, -0.05) is 13.8 Å². The van der Waals surface area contributed by atoms with Gasteiger partial charge in [0.05, 0.1) is 6.42 Å². The molecule has 0 bridgehead atoms. The first-order valence-corrected chi connectivity index (χ1v) is 6.87. The summed E-state index contributed by atoms with van der Waals surface area (Å²) in [5.41, 5.74) is 0. The third-order valence-corrected chi connectivity index (χ3v) is 3.14. The highest BCUT2D eigenvalue weighted by Gasteiger charge is 2.08. The lowest BCUT2D eigenvalue weighted by atomic mass is 10.2. The van der Waals surface area contributed by atoms with Gasteiger partial charge in [-0.3, -0.25) is 4.79 Å². The van der Waals surface area contributed by atoms with Crippen molar-refractivity contribution >= 4 is 5.91 Å². The van der Waals surface area contributed by atoms with Gasteiger partial charge in [-0.05, 0) is 42.9 Å². The Bertz CT molecular complexity index is 374. The minimum Gasteiger partial charge on any atom is -0.356 e. The van der Waals surface area contributed by atoms with E-state index in [1.165, 1.54) is 4.68 Å². The Balaban J connectivity index is 2.09. The predicted octanol–water partition coefficient (Wildman–Crippen LogP) is -0.00920. The fraction of sp³-hybridized carbons (Fsp3) is 0.833. The topological polar surface area (TPSA) is 75.9 Å². The average molecular weight is 268 g/mol. The number of unbranched alkanes of at least 4 members (excludes halogenated alkanes) is 1. The lowest BCUT2D eigenvalue weighted by molar-refractivity contribution is -0.120. The molecule has 0 aliphatic carbocycles. The van der Waals surface area contributed by atoms with Crippen molar-refractivity contribution in [3.05, 3.63) is 5.82 Å². The number of rotatable bonds is 9. The molecule has 0 radical (unpaired) electrons. The van der Waals surface area contributed by atoms with Crippen LogP contribution in [-0.2, 0) is 18.3 Å². The molecule has 1 rings (SSSR count). The van der Waals surface area contributed by atoms with E-state index < -0.39 is 0 Å². The van der Waals surface area contributed by atoms with Crippen LogP contribution in [0.4, 0.5) is 0 Å². The number of hydrogen-bond acceptors (Lipinski definition) is 5. The van der Waals surface area contributed by atoms with E-state index in [0.717, 1.165) is 32.5 Å². The Labute approximate surface area is 114 Å². The Morgan fingerprint density at radius 2 is 2.05 bits per heavy atom. The molecule has 0 saturated carbocycles. The van der Waals surface area contributed by atoms with E-state index >= 15 is 0 Å². The number of tetrazole rings is 1. The van der Waals surface area contributed by atoms with Gasteiger partial charge in [0.25, 0.3) is 0 Å². The Kier molecular flexibility index (Phi) is 7.02. The second-order valence-electron chi connectivity index (χ2n) is 4.48. The summed E-state index contributed by atoms with van der Waals surface area (Å²) in [6.45, 7) is 8.31. The maximum atomic E-state index is 11.6. The molecule has 0 fully saturated rings. The van der Waals surface area contributed by atoms with Crippen molar-refractivity contribution in [2.45, 2.75) is 33.1 Å². The van der Waals surface area contributed by atoms with Crippen molar-refractivity contribution in [1.29, 1.82) is 0 Å². The Morgan fingerprint density at radius 1 is 1.32 bits per heavy atom. The van der Waals surface area contributed by atoms with Crippen LogP contribution >= 0.6 is 0 Å². The normalized spacial score (nSPS) is 10.9. The zero-order chi connectivity index (χ0) is 14.1. The second kappa shape index (κ2) is 8.58. The lowest BCUT2D eigenvalue weighted by Crippen LogP contribution is -2.28. The Hall–Kier alpha value is -1.50.